The molecule has 0 aliphatic rings. The smallest absolute Gasteiger partial charge is 0.296 e. The van der Waals surface area contributed by atoms with Crippen LogP contribution in [0.2, 0.25) is 0 Å². The molecule has 0 radical (unpaired) electrons. The van der Waals surface area contributed by atoms with Crippen molar-refractivity contribution in [2.45, 2.75) is 13.3 Å². The molecule has 0 amide bonds. The minimum absolute atomic E-state index is 0.257. The lowest BCUT2D eigenvalue weighted by Crippen LogP contribution is -2.28. The van der Waals surface area contributed by atoms with Gasteiger partial charge in [-0.05, 0) is 36.3 Å². The van der Waals surface area contributed by atoms with Gasteiger partial charge in [-0.15, -0.1) is 0 Å². The predicted molar refractivity (Wildman–Crippen MR) is 109 cm³/mol. The van der Waals surface area contributed by atoms with E-state index in [9.17, 15) is 9.59 Å². The number of nitrogens with zero attached hydrogens (tertiary/aromatic N) is 3. The number of thiazole rings is 1. The Morgan fingerprint density at radius 1 is 1.07 bits per heavy atom. The van der Waals surface area contributed by atoms with Crippen molar-refractivity contribution in [2.24, 2.45) is 0 Å². The molecule has 28 heavy (non-hydrogen) atoms. The molecular weight excluding hydrogens is 374 g/mol. The van der Waals surface area contributed by atoms with Crippen LogP contribution in [-0.4, -0.2) is 21.7 Å². The van der Waals surface area contributed by atoms with Crippen LogP contribution in [0, 0.1) is 6.92 Å². The van der Waals surface area contributed by atoms with Gasteiger partial charge in [0.05, 0.1) is 11.6 Å². The number of ether oxygens (including phenoxy) is 1. The molecule has 0 bridgehead atoms. The molecule has 0 N–H and O–H groups in total. The summed E-state index contributed by atoms with van der Waals surface area (Å²) in [4.78, 5) is 29.4. The third-order valence-corrected chi connectivity index (χ3v) is 5.32. The lowest BCUT2D eigenvalue weighted by atomic mass is 10.1. The average Bonchev–Trinajstić information content (AvgIpc) is 2.99. The zero-order chi connectivity index (χ0) is 19.7. The molecule has 6 nitrogen and oxygen atoms in total. The molecule has 0 saturated heterocycles. The number of hydrogen-bond donors (Lipinski definition) is 0. The highest BCUT2D eigenvalue weighted by molar-refractivity contribution is 7.15. The van der Waals surface area contributed by atoms with Crippen LogP contribution in [0.1, 0.15) is 22.4 Å². The van der Waals surface area contributed by atoms with Crippen molar-refractivity contribution in [1.82, 2.24) is 14.6 Å². The lowest BCUT2D eigenvalue weighted by Gasteiger charge is -2.01. The molecule has 0 aliphatic carbocycles. The molecule has 140 valence electrons. The van der Waals surface area contributed by atoms with E-state index in [1.54, 1.807) is 13.2 Å². The Kier molecular flexibility index (Phi) is 4.75. The van der Waals surface area contributed by atoms with Crippen molar-refractivity contribution in [1.29, 1.82) is 0 Å². The van der Waals surface area contributed by atoms with Crippen molar-refractivity contribution in [3.8, 4) is 5.75 Å². The zero-order valence-electron chi connectivity index (χ0n) is 15.4. The second kappa shape index (κ2) is 7.36. The number of fused-ring (bicyclic) bond motifs is 1. The van der Waals surface area contributed by atoms with Crippen molar-refractivity contribution in [2.75, 3.05) is 7.11 Å². The van der Waals surface area contributed by atoms with Crippen molar-refractivity contribution in [3.05, 3.63) is 96.2 Å². The SMILES string of the molecule is COc1ccc(/C=c2/sc3nc(=O)c(Cc4ccc(C)cc4)nn3c2=O)cc1. The summed E-state index contributed by atoms with van der Waals surface area (Å²) in [6, 6.07) is 15.2. The van der Waals surface area contributed by atoms with Gasteiger partial charge in [-0.2, -0.15) is 14.6 Å². The van der Waals surface area contributed by atoms with E-state index in [0.717, 1.165) is 33.8 Å². The zero-order valence-corrected chi connectivity index (χ0v) is 16.2. The van der Waals surface area contributed by atoms with E-state index < -0.39 is 5.56 Å². The Labute approximate surface area is 164 Å². The van der Waals surface area contributed by atoms with E-state index in [1.807, 2.05) is 55.5 Å². The number of hydrogen-bond acceptors (Lipinski definition) is 6. The summed E-state index contributed by atoms with van der Waals surface area (Å²) in [5, 5.41) is 4.28. The van der Waals surface area contributed by atoms with Crippen molar-refractivity contribution in [3.63, 3.8) is 0 Å². The van der Waals surface area contributed by atoms with Gasteiger partial charge in [0.15, 0.2) is 0 Å². The van der Waals surface area contributed by atoms with Gasteiger partial charge in [-0.25, -0.2) is 0 Å². The fraction of sp³-hybridized carbons (Fsp3) is 0.143. The second-order valence-corrected chi connectivity index (χ2v) is 7.42. The maximum atomic E-state index is 12.7. The van der Waals surface area contributed by atoms with Gasteiger partial charge >= 0.3 is 0 Å². The number of methoxy groups -OCH3 is 1. The Morgan fingerprint density at radius 2 is 1.79 bits per heavy atom. The minimum atomic E-state index is -0.405. The monoisotopic (exact) mass is 391 g/mol. The van der Waals surface area contributed by atoms with E-state index in [2.05, 4.69) is 10.1 Å². The van der Waals surface area contributed by atoms with E-state index in [-0.39, 0.29) is 11.3 Å². The first-order valence-electron chi connectivity index (χ1n) is 8.67. The van der Waals surface area contributed by atoms with Gasteiger partial charge in [-0.1, -0.05) is 53.3 Å². The highest BCUT2D eigenvalue weighted by atomic mass is 32.1. The molecule has 2 heterocycles. The Morgan fingerprint density at radius 3 is 2.46 bits per heavy atom. The van der Waals surface area contributed by atoms with Gasteiger partial charge < -0.3 is 4.74 Å². The number of aryl methyl sites for hydroxylation is 1. The number of rotatable bonds is 4. The van der Waals surface area contributed by atoms with E-state index in [0.29, 0.717) is 15.9 Å². The highest BCUT2D eigenvalue weighted by Crippen LogP contribution is 2.12. The molecule has 0 aliphatic heterocycles. The molecule has 4 rings (SSSR count). The Hall–Kier alpha value is -3.32. The van der Waals surface area contributed by atoms with Crippen LogP contribution in [0.5, 0.6) is 5.75 Å². The molecule has 0 spiro atoms. The molecule has 0 atom stereocenters. The molecule has 2 aromatic heterocycles. The van der Waals surface area contributed by atoms with Crippen LogP contribution in [-0.2, 0) is 6.42 Å². The van der Waals surface area contributed by atoms with Crippen LogP contribution in [0.25, 0.3) is 11.0 Å². The summed E-state index contributed by atoms with van der Waals surface area (Å²) in [5.41, 5.74) is 2.51. The van der Waals surface area contributed by atoms with Crippen LogP contribution >= 0.6 is 11.3 Å². The maximum absolute atomic E-state index is 12.7. The van der Waals surface area contributed by atoms with E-state index in [1.165, 1.54) is 4.52 Å². The Balaban J connectivity index is 1.76. The second-order valence-electron chi connectivity index (χ2n) is 6.41. The van der Waals surface area contributed by atoms with Gasteiger partial charge in [0.25, 0.3) is 11.1 Å². The minimum Gasteiger partial charge on any atom is -0.497 e. The largest absolute Gasteiger partial charge is 0.497 e. The summed E-state index contributed by atoms with van der Waals surface area (Å²) in [6.45, 7) is 2.00. The van der Waals surface area contributed by atoms with Gasteiger partial charge in [0, 0.05) is 6.42 Å². The van der Waals surface area contributed by atoms with Crippen LogP contribution in [0.3, 0.4) is 0 Å². The molecule has 0 fully saturated rings. The van der Waals surface area contributed by atoms with Gasteiger partial charge in [0.1, 0.15) is 11.4 Å². The summed E-state index contributed by atoms with van der Waals surface area (Å²) in [5.74, 6) is 0.741. The lowest BCUT2D eigenvalue weighted by molar-refractivity contribution is 0.415. The summed E-state index contributed by atoms with van der Waals surface area (Å²) in [6.07, 6.45) is 2.09. The quantitative estimate of drug-likeness (QED) is 0.532. The number of benzene rings is 2. The first kappa shape index (κ1) is 18.1. The number of aromatic nitrogens is 3. The fourth-order valence-electron chi connectivity index (χ4n) is 2.80. The molecule has 4 aromatic rings. The molecular formula is C21H17N3O3S. The molecule has 2 aromatic carbocycles. The summed E-state index contributed by atoms with van der Waals surface area (Å²) in [7, 11) is 1.60. The Bertz CT molecular complexity index is 1310. The van der Waals surface area contributed by atoms with Crippen LogP contribution < -0.4 is 20.4 Å². The maximum Gasteiger partial charge on any atom is 0.296 e. The predicted octanol–water partition coefficient (Wildman–Crippen LogP) is 1.97. The third kappa shape index (κ3) is 3.57. The van der Waals surface area contributed by atoms with Gasteiger partial charge in [0.2, 0.25) is 4.96 Å². The standard InChI is InChI=1S/C21H17N3O3S/c1-13-3-5-14(6-4-13)11-17-19(25)22-21-24(23-17)20(26)18(28-21)12-15-7-9-16(27-2)10-8-15/h3-10,12H,11H2,1-2H3/b18-12+. The molecule has 0 unspecified atom stereocenters. The first-order valence-corrected chi connectivity index (χ1v) is 9.49. The highest BCUT2D eigenvalue weighted by Gasteiger charge is 2.11. The summed E-state index contributed by atoms with van der Waals surface area (Å²) >= 11 is 1.15. The molecule has 7 heteroatoms. The summed E-state index contributed by atoms with van der Waals surface area (Å²) < 4.78 is 6.82. The topological polar surface area (TPSA) is 73.6 Å². The van der Waals surface area contributed by atoms with E-state index in [4.69, 9.17) is 4.74 Å². The molecule has 0 saturated carbocycles. The van der Waals surface area contributed by atoms with Gasteiger partial charge in [-0.3, -0.25) is 9.59 Å². The van der Waals surface area contributed by atoms with Crippen molar-refractivity contribution < 1.29 is 4.74 Å². The fourth-order valence-corrected chi connectivity index (χ4v) is 3.71. The van der Waals surface area contributed by atoms with E-state index >= 15 is 0 Å². The van der Waals surface area contributed by atoms with Crippen molar-refractivity contribution >= 4 is 22.4 Å². The normalized spacial score (nSPS) is 11.9. The van der Waals surface area contributed by atoms with Crippen LogP contribution in [0.4, 0.5) is 0 Å². The average molecular weight is 391 g/mol. The first-order chi connectivity index (χ1) is 13.5. The van der Waals surface area contributed by atoms with Crippen LogP contribution in [0.15, 0.2) is 58.1 Å². The third-order valence-electron chi connectivity index (χ3n) is 4.36.